The predicted molar refractivity (Wildman–Crippen MR) is 317 cm³/mol. The quantitative estimate of drug-likeness (QED) is 0.0652. The van der Waals surface area contributed by atoms with Gasteiger partial charge in [0.05, 0.1) is 0 Å². The molecular weight excluding hydrogens is 865 g/mol. The number of allylic oxidation sites excluding steroid dienone is 12. The maximum atomic E-state index is 4.07. The monoisotopic (exact) mass is 941 g/mol. The summed E-state index contributed by atoms with van der Waals surface area (Å²) in [5.74, 6) is 0.469. The Morgan fingerprint density at radius 1 is 0.625 bits per heavy atom. The summed E-state index contributed by atoms with van der Waals surface area (Å²) < 4.78 is 0. The molecule has 1 atom stereocenters. The van der Waals surface area contributed by atoms with E-state index in [4.69, 9.17) is 0 Å². The topological polar surface area (TPSA) is 0 Å². The van der Waals surface area contributed by atoms with E-state index in [9.17, 15) is 0 Å². The summed E-state index contributed by atoms with van der Waals surface area (Å²) in [6.45, 7) is 33.9. The van der Waals surface area contributed by atoms with Crippen molar-refractivity contribution in [3.8, 4) is 46.2 Å². The van der Waals surface area contributed by atoms with Crippen LogP contribution in [-0.2, 0) is 16.2 Å². The van der Waals surface area contributed by atoms with Crippen molar-refractivity contribution >= 4 is 16.7 Å². The summed E-state index contributed by atoms with van der Waals surface area (Å²) in [4.78, 5) is 0. The van der Waals surface area contributed by atoms with Crippen LogP contribution in [0.3, 0.4) is 0 Å². The zero-order valence-electron chi connectivity index (χ0n) is 44.2. The van der Waals surface area contributed by atoms with Gasteiger partial charge in [0.25, 0.3) is 0 Å². The highest BCUT2D eigenvalue weighted by Gasteiger charge is 2.37. The Hall–Kier alpha value is -7.20. The molecule has 0 bridgehead atoms. The summed E-state index contributed by atoms with van der Waals surface area (Å²) >= 11 is 0. The molecule has 6 aromatic rings. The molecule has 0 fully saturated rings. The standard InChI is InChI=1S/C69H70.C2H2.CH4/c1-14-17-20-26-52-45(6)65(50-34-37-56-53(25-18-15-2)46(7)68(10,11)63(56)43-50)60-40-47(48-31-35-51(44(4)5)62(41-48)67(8,9)39-19-16-3)32-38-59(60)66(52)58-29-22-21-27-54(58)49-33-36-57-55-28-23-24-30-61(55)69(12,13)64(57)42-49;1-2;/h14-38,40-45H,1-2,39H2,3-13H3;1-2H;1H4/b19-16-,20-17-,25-18-,52-26+;;. The smallest absolute Gasteiger partial charge is 0.0159 e. The highest BCUT2D eigenvalue weighted by Crippen LogP contribution is 2.51. The minimum absolute atomic E-state index is 0. The van der Waals surface area contributed by atoms with Gasteiger partial charge in [-0.25, -0.2) is 0 Å². The zero-order valence-corrected chi connectivity index (χ0v) is 44.2. The van der Waals surface area contributed by atoms with Crippen molar-refractivity contribution in [2.75, 3.05) is 0 Å². The summed E-state index contributed by atoms with van der Waals surface area (Å²) in [5, 5.41) is 2.54. The molecule has 0 amide bonds. The number of benzene rings is 6. The molecule has 0 N–H and O–H groups in total. The SMILES string of the molecule is C.C#C.C=C/C=C\C=C1\C(c2ccccc2-c2ccc3c(c2)C(C)(C)c2ccccc2-3)=c2ccc(-c3ccc(C(C)C)c(C(C)(C)C/C=C\C)c3)cc2=C(c2ccc3c(c2)C(C)(C)C(C)=C3/C=C\C=C)C1C. The van der Waals surface area contributed by atoms with E-state index in [2.05, 4.69) is 266 Å². The first-order valence-electron chi connectivity index (χ1n) is 25.5. The summed E-state index contributed by atoms with van der Waals surface area (Å²) in [6.07, 6.45) is 28.1. The fourth-order valence-electron chi connectivity index (χ4n) is 11.9. The van der Waals surface area contributed by atoms with E-state index >= 15 is 0 Å². The summed E-state index contributed by atoms with van der Waals surface area (Å²) in [5.41, 5.74) is 24.8. The zero-order chi connectivity index (χ0) is 51.0. The molecule has 0 aliphatic heterocycles. The Labute approximate surface area is 434 Å². The summed E-state index contributed by atoms with van der Waals surface area (Å²) in [7, 11) is 0. The van der Waals surface area contributed by atoms with Gasteiger partial charge in [-0.3, -0.25) is 0 Å². The molecular formula is C72H76. The maximum absolute atomic E-state index is 4.07. The van der Waals surface area contributed by atoms with Crippen LogP contribution in [-0.4, -0.2) is 0 Å². The summed E-state index contributed by atoms with van der Waals surface area (Å²) in [6, 6.07) is 47.1. The Balaban J connectivity index is 0.00000250. The van der Waals surface area contributed by atoms with Crippen LogP contribution in [0.25, 0.3) is 50.1 Å². The molecule has 0 spiro atoms. The largest absolute Gasteiger partial charge is 0.124 e. The molecule has 6 aromatic carbocycles. The average Bonchev–Trinajstić information content (AvgIpc) is 3.72. The number of hydrogen-bond donors (Lipinski definition) is 0. The van der Waals surface area contributed by atoms with Crippen molar-refractivity contribution in [3.63, 3.8) is 0 Å². The van der Waals surface area contributed by atoms with Crippen LogP contribution in [0, 0.1) is 18.8 Å². The van der Waals surface area contributed by atoms with E-state index in [1.54, 1.807) is 0 Å². The van der Waals surface area contributed by atoms with Crippen LogP contribution in [0.5, 0.6) is 0 Å². The Bertz CT molecular complexity index is 3410. The molecule has 0 nitrogen and oxygen atoms in total. The Kier molecular flexibility index (Phi) is 15.3. The molecule has 0 heteroatoms. The highest BCUT2D eigenvalue weighted by molar-refractivity contribution is 5.95. The molecule has 3 aliphatic rings. The first kappa shape index (κ1) is 52.6. The maximum Gasteiger partial charge on any atom is 0.0159 e. The Morgan fingerprint density at radius 3 is 1.90 bits per heavy atom. The third kappa shape index (κ3) is 9.05. The first-order valence-corrected chi connectivity index (χ1v) is 25.5. The van der Waals surface area contributed by atoms with Crippen molar-refractivity contribution in [1.82, 2.24) is 0 Å². The molecule has 0 radical (unpaired) electrons. The van der Waals surface area contributed by atoms with Crippen LogP contribution in [0.1, 0.15) is 140 Å². The molecule has 364 valence electrons. The lowest BCUT2D eigenvalue weighted by molar-refractivity contribution is 0.524. The second kappa shape index (κ2) is 20.9. The van der Waals surface area contributed by atoms with Crippen LogP contribution in [0.4, 0.5) is 0 Å². The van der Waals surface area contributed by atoms with Crippen molar-refractivity contribution in [3.05, 3.63) is 255 Å². The molecule has 0 heterocycles. The molecule has 9 rings (SSSR count). The van der Waals surface area contributed by atoms with Crippen molar-refractivity contribution in [2.45, 2.75) is 112 Å². The van der Waals surface area contributed by atoms with Crippen molar-refractivity contribution < 1.29 is 0 Å². The van der Waals surface area contributed by atoms with Gasteiger partial charge in [-0.1, -0.05) is 246 Å². The van der Waals surface area contributed by atoms with E-state index in [-0.39, 0.29) is 29.6 Å². The molecule has 0 saturated carbocycles. The molecule has 0 aromatic heterocycles. The van der Waals surface area contributed by atoms with E-state index in [0.717, 1.165) is 6.42 Å². The van der Waals surface area contributed by atoms with Gasteiger partial charge in [0.2, 0.25) is 0 Å². The van der Waals surface area contributed by atoms with Crippen LogP contribution < -0.4 is 10.4 Å². The average molecular weight is 941 g/mol. The fraction of sp³-hybridized carbons (Fsp3) is 0.250. The van der Waals surface area contributed by atoms with Crippen LogP contribution in [0.15, 0.2) is 200 Å². The van der Waals surface area contributed by atoms with Gasteiger partial charge in [0, 0.05) is 16.7 Å². The molecule has 0 saturated heterocycles. The molecule has 72 heavy (non-hydrogen) atoms. The Morgan fingerprint density at radius 2 is 1.21 bits per heavy atom. The van der Waals surface area contributed by atoms with Gasteiger partial charge in [0.15, 0.2) is 0 Å². The predicted octanol–water partition coefficient (Wildman–Crippen LogP) is 18.1. The molecule has 1 unspecified atom stereocenters. The third-order valence-electron chi connectivity index (χ3n) is 16.0. The second-order valence-corrected chi connectivity index (χ2v) is 21.6. The second-order valence-electron chi connectivity index (χ2n) is 21.6. The van der Waals surface area contributed by atoms with Gasteiger partial charge < -0.3 is 0 Å². The normalized spacial score (nSPS) is 16.9. The lowest BCUT2D eigenvalue weighted by atomic mass is 9.73. The van der Waals surface area contributed by atoms with E-state index in [1.807, 2.05) is 12.2 Å². The van der Waals surface area contributed by atoms with Crippen molar-refractivity contribution in [2.24, 2.45) is 5.92 Å². The lowest BCUT2D eigenvalue weighted by Gasteiger charge is -2.30. The van der Waals surface area contributed by atoms with Gasteiger partial charge in [0.1, 0.15) is 0 Å². The van der Waals surface area contributed by atoms with E-state index in [0.29, 0.717) is 5.92 Å². The number of rotatable bonds is 12. The fourth-order valence-corrected chi connectivity index (χ4v) is 11.9. The minimum Gasteiger partial charge on any atom is -0.124 e. The third-order valence-corrected chi connectivity index (χ3v) is 16.0. The van der Waals surface area contributed by atoms with Gasteiger partial charge in [-0.15, -0.1) is 12.8 Å². The minimum atomic E-state index is -0.128. The number of fused-ring (bicyclic) bond motifs is 5. The van der Waals surface area contributed by atoms with E-state index < -0.39 is 0 Å². The van der Waals surface area contributed by atoms with Gasteiger partial charge >= 0.3 is 0 Å². The molecule has 3 aliphatic carbocycles. The highest BCUT2D eigenvalue weighted by atomic mass is 14.4. The van der Waals surface area contributed by atoms with Gasteiger partial charge in [-0.2, -0.15) is 0 Å². The number of hydrogen-bond acceptors (Lipinski definition) is 0. The van der Waals surface area contributed by atoms with Crippen LogP contribution in [0.2, 0.25) is 0 Å². The van der Waals surface area contributed by atoms with Crippen molar-refractivity contribution in [1.29, 1.82) is 0 Å². The van der Waals surface area contributed by atoms with Crippen LogP contribution >= 0.6 is 0 Å². The van der Waals surface area contributed by atoms with E-state index in [1.165, 1.54) is 116 Å². The van der Waals surface area contributed by atoms with Gasteiger partial charge in [-0.05, 0) is 160 Å². The number of terminal acetylenes is 1. The lowest BCUT2D eigenvalue weighted by Crippen LogP contribution is -2.37. The first-order chi connectivity index (χ1) is 34.0.